The number of hydrogen-bond acceptors (Lipinski definition) is 4. The van der Waals surface area contributed by atoms with E-state index in [4.69, 9.17) is 4.18 Å². The third-order valence-electron chi connectivity index (χ3n) is 9.43. The maximum Gasteiger partial charge on any atom is 0.297 e. The first kappa shape index (κ1) is 21.4. The van der Waals surface area contributed by atoms with E-state index >= 15 is 0 Å². The minimum Gasteiger partial charge on any atom is -0.295 e. The molecule has 6 atom stereocenters. The normalized spacial score (nSPS) is 40.0. The molecule has 5 rings (SSSR count). The average molecular weight is 443 g/mol. The molecule has 3 saturated carbocycles. The quantitative estimate of drug-likeness (QED) is 0.572. The van der Waals surface area contributed by atoms with E-state index in [1.165, 1.54) is 5.57 Å². The van der Waals surface area contributed by atoms with Gasteiger partial charge >= 0.3 is 0 Å². The van der Waals surface area contributed by atoms with Gasteiger partial charge in [-0.3, -0.25) is 8.98 Å². The number of carbonyl (C=O) groups is 1. The van der Waals surface area contributed by atoms with Gasteiger partial charge in [0.25, 0.3) is 10.1 Å². The molecule has 0 amide bonds. The Morgan fingerprint density at radius 2 is 1.68 bits per heavy atom. The van der Waals surface area contributed by atoms with Crippen LogP contribution < -0.4 is 0 Å². The minimum absolute atomic E-state index is 0.0962. The highest BCUT2D eigenvalue weighted by Crippen LogP contribution is 2.65. The molecular formula is C26H34O4S. The molecule has 0 bridgehead atoms. The van der Waals surface area contributed by atoms with Crippen LogP contribution in [0.3, 0.4) is 0 Å². The Bertz CT molecular complexity index is 1020. The monoisotopic (exact) mass is 442 g/mol. The van der Waals surface area contributed by atoms with Gasteiger partial charge in [0.1, 0.15) is 0 Å². The summed E-state index contributed by atoms with van der Waals surface area (Å²) < 4.78 is 32.0. The van der Waals surface area contributed by atoms with Crippen LogP contribution in [0.4, 0.5) is 0 Å². The van der Waals surface area contributed by atoms with E-state index in [9.17, 15) is 13.2 Å². The Hall–Kier alpha value is -1.46. The third-order valence-corrected chi connectivity index (χ3v) is 10.8. The van der Waals surface area contributed by atoms with Gasteiger partial charge in [-0.1, -0.05) is 37.1 Å². The van der Waals surface area contributed by atoms with Crippen LogP contribution in [0.2, 0.25) is 0 Å². The van der Waals surface area contributed by atoms with Gasteiger partial charge in [0.05, 0.1) is 11.0 Å². The second-order valence-electron chi connectivity index (χ2n) is 10.9. The van der Waals surface area contributed by atoms with E-state index in [1.54, 1.807) is 12.1 Å². The first-order valence-corrected chi connectivity index (χ1v) is 13.3. The van der Waals surface area contributed by atoms with Crippen molar-refractivity contribution >= 4 is 15.9 Å². The fraction of sp³-hybridized carbons (Fsp3) is 0.654. The number of ketones is 1. The molecule has 4 aliphatic rings. The molecule has 0 radical (unpaired) electrons. The van der Waals surface area contributed by atoms with Gasteiger partial charge < -0.3 is 0 Å². The molecule has 0 N–H and O–H groups in total. The van der Waals surface area contributed by atoms with Gasteiger partial charge in [-0.15, -0.1) is 0 Å². The Balaban J connectivity index is 1.39. The molecule has 0 aliphatic heterocycles. The summed E-state index contributed by atoms with van der Waals surface area (Å²) in [5.41, 5.74) is 2.46. The highest BCUT2D eigenvalue weighted by molar-refractivity contribution is 7.86. The molecular weight excluding hydrogens is 408 g/mol. The summed E-state index contributed by atoms with van der Waals surface area (Å²) in [5.74, 6) is 2.00. The van der Waals surface area contributed by atoms with Crippen LogP contribution >= 0.6 is 0 Å². The van der Waals surface area contributed by atoms with Crippen molar-refractivity contribution in [2.45, 2.75) is 83.1 Å². The lowest BCUT2D eigenvalue weighted by molar-refractivity contribution is -0.117. The smallest absolute Gasteiger partial charge is 0.295 e. The van der Waals surface area contributed by atoms with Crippen LogP contribution in [0.15, 0.2) is 40.8 Å². The standard InChI is InChI=1S/C26H34O4S/c1-17-4-7-20(8-5-17)31(28,29)30-24-11-10-22-21-9-6-18-16-19(27)12-14-25(18,2)23(21)13-15-26(22,24)3/h4-5,7-8,16,21-24H,6,9-15H2,1-3H3/t21-,22-,23-,24+,25-,26-/m0/s1. The SMILES string of the molecule is Cc1ccc(S(=O)(=O)O[C@@H]2CC[C@H]3[C@@H]4CCC5=CC(=O)CC[C@]5(C)[C@H]4CC[C@]23C)cc1. The molecule has 0 unspecified atom stereocenters. The topological polar surface area (TPSA) is 60.4 Å². The van der Waals surface area contributed by atoms with Gasteiger partial charge in [0.2, 0.25) is 0 Å². The van der Waals surface area contributed by atoms with Crippen LogP contribution in [-0.2, 0) is 19.1 Å². The van der Waals surface area contributed by atoms with Crippen molar-refractivity contribution in [3.8, 4) is 0 Å². The summed E-state index contributed by atoms with van der Waals surface area (Å²) in [6.45, 7) is 6.61. The zero-order chi connectivity index (χ0) is 22.0. The van der Waals surface area contributed by atoms with E-state index in [0.717, 1.165) is 50.5 Å². The van der Waals surface area contributed by atoms with E-state index in [-0.39, 0.29) is 21.8 Å². The predicted octanol–water partition coefficient (Wildman–Crippen LogP) is 5.60. The number of benzene rings is 1. The summed E-state index contributed by atoms with van der Waals surface area (Å²) in [7, 11) is -3.76. The highest BCUT2D eigenvalue weighted by atomic mass is 32.2. The summed E-state index contributed by atoms with van der Waals surface area (Å²) in [6, 6.07) is 6.94. The zero-order valence-corrected chi connectivity index (χ0v) is 19.7. The molecule has 31 heavy (non-hydrogen) atoms. The molecule has 168 valence electrons. The molecule has 5 heteroatoms. The van der Waals surface area contributed by atoms with Crippen molar-refractivity contribution in [1.29, 1.82) is 0 Å². The van der Waals surface area contributed by atoms with Gasteiger partial charge in [0, 0.05) is 6.42 Å². The fourth-order valence-electron chi connectivity index (χ4n) is 7.58. The van der Waals surface area contributed by atoms with Crippen LogP contribution in [0.25, 0.3) is 0 Å². The van der Waals surface area contributed by atoms with Crippen LogP contribution in [0.1, 0.15) is 70.8 Å². The fourth-order valence-corrected chi connectivity index (χ4v) is 8.79. The van der Waals surface area contributed by atoms with Gasteiger partial charge in [-0.25, -0.2) is 0 Å². The van der Waals surface area contributed by atoms with E-state index in [2.05, 4.69) is 13.8 Å². The molecule has 0 spiro atoms. The lowest BCUT2D eigenvalue weighted by atomic mass is 9.47. The third kappa shape index (κ3) is 3.34. The number of rotatable bonds is 3. The Morgan fingerprint density at radius 1 is 0.935 bits per heavy atom. The summed E-state index contributed by atoms with van der Waals surface area (Å²) in [5, 5.41) is 0. The number of aryl methyl sites for hydroxylation is 1. The molecule has 4 aliphatic carbocycles. The second-order valence-corrected chi connectivity index (χ2v) is 12.5. The number of carbonyl (C=O) groups excluding carboxylic acids is 1. The maximum atomic E-state index is 13.0. The van der Waals surface area contributed by atoms with Gasteiger partial charge in [-0.05, 0) is 98.7 Å². The van der Waals surface area contributed by atoms with Crippen molar-refractivity contribution in [2.24, 2.45) is 28.6 Å². The molecule has 0 saturated heterocycles. The molecule has 1 aromatic rings. The first-order chi connectivity index (χ1) is 14.6. The molecule has 0 heterocycles. The van der Waals surface area contributed by atoms with E-state index in [0.29, 0.717) is 30.0 Å². The maximum absolute atomic E-state index is 13.0. The highest BCUT2D eigenvalue weighted by Gasteiger charge is 2.60. The number of allylic oxidation sites excluding steroid dienone is 1. The average Bonchev–Trinajstić information content (AvgIpc) is 3.04. The van der Waals surface area contributed by atoms with Crippen LogP contribution in [-0.4, -0.2) is 20.3 Å². The van der Waals surface area contributed by atoms with E-state index < -0.39 is 10.1 Å². The minimum atomic E-state index is -3.76. The number of fused-ring (bicyclic) bond motifs is 5. The molecule has 0 aromatic heterocycles. The van der Waals surface area contributed by atoms with Crippen molar-refractivity contribution in [2.75, 3.05) is 0 Å². The molecule has 3 fully saturated rings. The van der Waals surface area contributed by atoms with Gasteiger partial charge in [-0.2, -0.15) is 8.42 Å². The van der Waals surface area contributed by atoms with Crippen LogP contribution in [0, 0.1) is 35.5 Å². The lowest BCUT2D eigenvalue weighted by Gasteiger charge is -2.57. The summed E-state index contributed by atoms with van der Waals surface area (Å²) >= 11 is 0. The largest absolute Gasteiger partial charge is 0.297 e. The molecule has 4 nitrogen and oxygen atoms in total. The molecule has 1 aromatic carbocycles. The lowest BCUT2D eigenvalue weighted by Crippen LogP contribution is -2.51. The van der Waals surface area contributed by atoms with Gasteiger partial charge in [0.15, 0.2) is 5.78 Å². The Labute approximate surface area is 186 Å². The summed E-state index contributed by atoms with van der Waals surface area (Å²) in [6.07, 6.45) is 9.45. The van der Waals surface area contributed by atoms with Crippen molar-refractivity contribution in [3.63, 3.8) is 0 Å². The number of hydrogen-bond donors (Lipinski definition) is 0. The van der Waals surface area contributed by atoms with Crippen molar-refractivity contribution < 1.29 is 17.4 Å². The first-order valence-electron chi connectivity index (χ1n) is 11.9. The Kier molecular flexibility index (Phi) is 5.02. The van der Waals surface area contributed by atoms with E-state index in [1.807, 2.05) is 25.1 Å². The predicted molar refractivity (Wildman–Crippen MR) is 120 cm³/mol. The summed E-state index contributed by atoms with van der Waals surface area (Å²) in [4.78, 5) is 12.3. The zero-order valence-electron chi connectivity index (χ0n) is 18.9. The van der Waals surface area contributed by atoms with Crippen molar-refractivity contribution in [3.05, 3.63) is 41.5 Å². The Morgan fingerprint density at radius 3 is 2.42 bits per heavy atom. The van der Waals surface area contributed by atoms with Crippen LogP contribution in [0.5, 0.6) is 0 Å². The second kappa shape index (κ2) is 7.28. The van der Waals surface area contributed by atoms with Crippen molar-refractivity contribution in [1.82, 2.24) is 0 Å².